The molecule has 0 aliphatic carbocycles. The van der Waals surface area contributed by atoms with Gasteiger partial charge >= 0.3 is 0 Å². The zero-order valence-corrected chi connectivity index (χ0v) is 15.8. The minimum Gasteiger partial charge on any atom is -0.339 e. The van der Waals surface area contributed by atoms with Crippen LogP contribution in [0.4, 0.5) is 11.5 Å². The van der Waals surface area contributed by atoms with Crippen molar-refractivity contribution in [1.29, 1.82) is 0 Å². The standard InChI is InChI=1S/C20H16Cl2N4/c1-12-5-3-6-13(2)17(12)24-19-18(14-7-8-15(21)16(22)11-14)25-20-23-9-4-10-26(19)20/h3-11,24H,1-2H3. The van der Waals surface area contributed by atoms with Gasteiger partial charge in [0.05, 0.1) is 10.0 Å². The van der Waals surface area contributed by atoms with Gasteiger partial charge in [0.15, 0.2) is 0 Å². The molecule has 2 aromatic heterocycles. The highest BCUT2D eigenvalue weighted by Gasteiger charge is 2.17. The average Bonchev–Trinajstić information content (AvgIpc) is 2.99. The van der Waals surface area contributed by atoms with Crippen molar-refractivity contribution in [2.75, 3.05) is 5.32 Å². The van der Waals surface area contributed by atoms with Crippen LogP contribution < -0.4 is 5.32 Å². The van der Waals surface area contributed by atoms with E-state index < -0.39 is 0 Å². The predicted molar refractivity (Wildman–Crippen MR) is 108 cm³/mol. The van der Waals surface area contributed by atoms with Crippen molar-refractivity contribution >= 4 is 40.5 Å². The molecule has 2 heterocycles. The lowest BCUT2D eigenvalue weighted by atomic mass is 10.1. The molecule has 1 N–H and O–H groups in total. The van der Waals surface area contributed by atoms with E-state index in [4.69, 9.17) is 28.2 Å². The lowest BCUT2D eigenvalue weighted by Gasteiger charge is -2.14. The highest BCUT2D eigenvalue weighted by molar-refractivity contribution is 6.42. The van der Waals surface area contributed by atoms with Crippen molar-refractivity contribution in [1.82, 2.24) is 14.4 Å². The van der Waals surface area contributed by atoms with Gasteiger partial charge in [0.1, 0.15) is 11.5 Å². The Morgan fingerprint density at radius 3 is 2.46 bits per heavy atom. The maximum atomic E-state index is 6.22. The predicted octanol–water partition coefficient (Wildman–Crippen LogP) is 6.06. The van der Waals surface area contributed by atoms with E-state index in [1.54, 1.807) is 12.3 Å². The van der Waals surface area contributed by atoms with Crippen molar-refractivity contribution in [3.63, 3.8) is 0 Å². The van der Waals surface area contributed by atoms with Crippen LogP contribution in [0.15, 0.2) is 54.9 Å². The number of fused-ring (bicyclic) bond motifs is 1. The fourth-order valence-electron chi connectivity index (χ4n) is 2.98. The maximum absolute atomic E-state index is 6.22. The van der Waals surface area contributed by atoms with Crippen LogP contribution in [0.5, 0.6) is 0 Å². The quantitative estimate of drug-likeness (QED) is 0.467. The van der Waals surface area contributed by atoms with Crippen LogP contribution in [-0.4, -0.2) is 14.4 Å². The zero-order valence-electron chi connectivity index (χ0n) is 14.3. The van der Waals surface area contributed by atoms with Crippen molar-refractivity contribution in [2.24, 2.45) is 0 Å². The molecule has 4 rings (SSSR count). The molecule has 0 fully saturated rings. The van der Waals surface area contributed by atoms with Crippen LogP contribution >= 0.6 is 23.2 Å². The first-order valence-corrected chi connectivity index (χ1v) is 8.92. The summed E-state index contributed by atoms with van der Waals surface area (Å²) in [5.41, 5.74) is 5.01. The van der Waals surface area contributed by atoms with E-state index in [2.05, 4.69) is 36.3 Å². The van der Waals surface area contributed by atoms with Gasteiger partial charge in [-0.1, -0.05) is 47.5 Å². The van der Waals surface area contributed by atoms with Gasteiger partial charge in [-0.25, -0.2) is 9.97 Å². The molecule has 26 heavy (non-hydrogen) atoms. The van der Waals surface area contributed by atoms with E-state index in [9.17, 15) is 0 Å². The molecule has 6 heteroatoms. The SMILES string of the molecule is Cc1cccc(C)c1Nc1c(-c2ccc(Cl)c(Cl)c2)nc2ncccn12. The number of nitrogens with one attached hydrogen (secondary N) is 1. The molecule has 0 saturated carbocycles. The smallest absolute Gasteiger partial charge is 0.235 e. The molecule has 0 aliphatic rings. The molecule has 0 amide bonds. The van der Waals surface area contributed by atoms with E-state index in [0.717, 1.165) is 33.9 Å². The number of rotatable bonds is 3. The van der Waals surface area contributed by atoms with Crippen LogP contribution in [0.2, 0.25) is 10.0 Å². The zero-order chi connectivity index (χ0) is 18.3. The maximum Gasteiger partial charge on any atom is 0.235 e. The second-order valence-corrected chi connectivity index (χ2v) is 6.93. The number of imidazole rings is 1. The fraction of sp³-hybridized carbons (Fsp3) is 0.100. The minimum atomic E-state index is 0.493. The molecular weight excluding hydrogens is 367 g/mol. The van der Waals surface area contributed by atoms with Crippen LogP contribution in [0.25, 0.3) is 17.0 Å². The second-order valence-electron chi connectivity index (χ2n) is 6.12. The molecule has 4 nitrogen and oxygen atoms in total. The number of anilines is 2. The number of nitrogens with zero attached hydrogens (tertiary/aromatic N) is 3. The van der Waals surface area contributed by atoms with Gasteiger partial charge in [-0.15, -0.1) is 0 Å². The molecule has 0 radical (unpaired) electrons. The molecule has 0 aliphatic heterocycles. The van der Waals surface area contributed by atoms with Crippen molar-refractivity contribution in [3.05, 3.63) is 76.0 Å². The third kappa shape index (κ3) is 2.91. The molecule has 0 bridgehead atoms. The van der Waals surface area contributed by atoms with Gasteiger partial charge < -0.3 is 5.32 Å². The summed E-state index contributed by atoms with van der Waals surface area (Å²) >= 11 is 12.3. The summed E-state index contributed by atoms with van der Waals surface area (Å²) in [4.78, 5) is 9.06. The summed E-state index contributed by atoms with van der Waals surface area (Å²) in [6.45, 7) is 4.16. The van der Waals surface area contributed by atoms with Crippen molar-refractivity contribution in [2.45, 2.75) is 13.8 Å². The molecule has 0 unspecified atom stereocenters. The largest absolute Gasteiger partial charge is 0.339 e. The number of halogens is 2. The Morgan fingerprint density at radius 2 is 1.73 bits per heavy atom. The minimum absolute atomic E-state index is 0.493. The van der Waals surface area contributed by atoms with Gasteiger partial charge in [0.25, 0.3) is 0 Å². The fourth-order valence-corrected chi connectivity index (χ4v) is 3.28. The molecule has 130 valence electrons. The van der Waals surface area contributed by atoms with Crippen molar-refractivity contribution < 1.29 is 0 Å². The number of hydrogen-bond donors (Lipinski definition) is 1. The Hall–Kier alpha value is -2.56. The van der Waals surface area contributed by atoms with E-state index in [1.807, 2.05) is 34.9 Å². The lowest BCUT2D eigenvalue weighted by molar-refractivity contribution is 1.11. The van der Waals surface area contributed by atoms with Gasteiger partial charge in [-0.05, 0) is 43.2 Å². The summed E-state index contributed by atoms with van der Waals surface area (Å²) in [7, 11) is 0. The molecule has 0 saturated heterocycles. The van der Waals surface area contributed by atoms with Crippen molar-refractivity contribution in [3.8, 4) is 11.3 Å². The van der Waals surface area contributed by atoms with Crippen LogP contribution in [0.3, 0.4) is 0 Å². The summed E-state index contributed by atoms with van der Waals surface area (Å²) in [6, 6.07) is 13.6. The highest BCUT2D eigenvalue weighted by atomic mass is 35.5. The molecule has 2 aromatic carbocycles. The number of hydrogen-bond acceptors (Lipinski definition) is 3. The monoisotopic (exact) mass is 382 g/mol. The number of para-hydroxylation sites is 1. The van der Waals surface area contributed by atoms with Crippen LogP contribution in [-0.2, 0) is 0 Å². The molecular formula is C20H16Cl2N4. The topological polar surface area (TPSA) is 42.2 Å². The summed E-state index contributed by atoms with van der Waals surface area (Å²) < 4.78 is 1.93. The van der Waals surface area contributed by atoms with Gasteiger partial charge in [-0.2, -0.15) is 0 Å². The van der Waals surface area contributed by atoms with E-state index >= 15 is 0 Å². The third-order valence-electron chi connectivity index (χ3n) is 4.32. The molecule has 0 atom stereocenters. The Labute approximate surface area is 161 Å². The Kier molecular flexibility index (Phi) is 4.31. The van der Waals surface area contributed by atoms with Gasteiger partial charge in [-0.3, -0.25) is 4.40 Å². The molecule has 0 spiro atoms. The second kappa shape index (κ2) is 6.63. The first-order valence-electron chi connectivity index (χ1n) is 8.16. The highest BCUT2D eigenvalue weighted by Crippen LogP contribution is 2.35. The third-order valence-corrected chi connectivity index (χ3v) is 5.06. The first-order chi connectivity index (χ1) is 12.5. The number of aromatic nitrogens is 3. The van der Waals surface area contributed by atoms with Crippen LogP contribution in [0.1, 0.15) is 11.1 Å². The number of aryl methyl sites for hydroxylation is 2. The van der Waals surface area contributed by atoms with Gasteiger partial charge in [0.2, 0.25) is 5.78 Å². The van der Waals surface area contributed by atoms with E-state index in [-0.39, 0.29) is 0 Å². The summed E-state index contributed by atoms with van der Waals surface area (Å²) in [6.07, 6.45) is 3.66. The Morgan fingerprint density at radius 1 is 0.962 bits per heavy atom. The Bertz CT molecular complexity index is 1100. The van der Waals surface area contributed by atoms with Gasteiger partial charge in [0, 0.05) is 23.6 Å². The average molecular weight is 383 g/mol. The summed E-state index contributed by atoms with van der Waals surface area (Å²) in [5, 5.41) is 4.56. The van der Waals surface area contributed by atoms with E-state index in [1.165, 1.54) is 0 Å². The van der Waals surface area contributed by atoms with E-state index in [0.29, 0.717) is 15.8 Å². The molecule has 4 aromatic rings. The first kappa shape index (κ1) is 16.9. The van der Waals surface area contributed by atoms with Crippen LogP contribution in [0, 0.1) is 13.8 Å². The number of benzene rings is 2. The summed E-state index contributed by atoms with van der Waals surface area (Å²) in [5.74, 6) is 1.45. The normalized spacial score (nSPS) is 11.1. The Balaban J connectivity index is 1.93. The lowest BCUT2D eigenvalue weighted by Crippen LogP contribution is -2.00.